The standard InChI is InChI=1S/C32H38N2O3/c1-22(2)26-14-15-29(37-3)27(19-26)21-33-32(31(35)36)20-23-16-17-34(32)28(18-23)30(24-10-6-4-7-11-24)25-12-8-5-9-13-25/h4-15,19,22-23,28,30,33H,16-18,20-21H2,1-3H3,(H,35,36). The zero-order chi connectivity index (χ0) is 26.0. The maximum Gasteiger partial charge on any atom is 0.339 e. The second-order valence-corrected chi connectivity index (χ2v) is 10.9. The second-order valence-electron chi connectivity index (χ2n) is 10.9. The summed E-state index contributed by atoms with van der Waals surface area (Å²) >= 11 is 0. The Balaban J connectivity index is 1.51. The molecule has 0 aliphatic carbocycles. The van der Waals surface area contributed by atoms with Crippen molar-refractivity contribution in [3.63, 3.8) is 0 Å². The highest BCUT2D eigenvalue weighted by molar-refractivity contribution is 5.79. The molecule has 2 N–H and O–H groups in total. The molecule has 4 unspecified atom stereocenters. The number of ether oxygens (including phenoxy) is 1. The first kappa shape index (κ1) is 25.5. The third-order valence-electron chi connectivity index (χ3n) is 8.43. The van der Waals surface area contributed by atoms with Crippen LogP contribution in [0.25, 0.3) is 0 Å². The number of rotatable bonds is 9. The molecule has 5 heteroatoms. The average Bonchev–Trinajstić information content (AvgIpc) is 2.93. The van der Waals surface area contributed by atoms with Crippen LogP contribution in [0.15, 0.2) is 78.9 Å². The van der Waals surface area contributed by atoms with Gasteiger partial charge in [0.05, 0.1) is 7.11 Å². The molecular weight excluding hydrogens is 460 g/mol. The number of fused-ring (bicyclic) bond motifs is 3. The molecule has 194 valence electrons. The van der Waals surface area contributed by atoms with Crippen molar-refractivity contribution in [3.8, 4) is 5.75 Å². The van der Waals surface area contributed by atoms with Crippen LogP contribution < -0.4 is 10.1 Å². The van der Waals surface area contributed by atoms with E-state index in [9.17, 15) is 9.90 Å². The third-order valence-corrected chi connectivity index (χ3v) is 8.43. The smallest absolute Gasteiger partial charge is 0.339 e. The van der Waals surface area contributed by atoms with E-state index in [4.69, 9.17) is 4.74 Å². The van der Waals surface area contributed by atoms with E-state index < -0.39 is 11.6 Å². The Labute approximate surface area is 220 Å². The number of carboxylic acids is 1. The SMILES string of the molecule is COc1ccc(C(C)C)cc1CNC1(C(=O)O)CC2CCN1C(C(c1ccccc1)c1ccccc1)C2. The van der Waals surface area contributed by atoms with Gasteiger partial charge in [0.25, 0.3) is 0 Å². The van der Waals surface area contributed by atoms with E-state index in [1.807, 2.05) is 18.2 Å². The van der Waals surface area contributed by atoms with Crippen LogP contribution >= 0.6 is 0 Å². The minimum absolute atomic E-state index is 0.0878. The lowest BCUT2D eigenvalue weighted by molar-refractivity contribution is -0.172. The minimum atomic E-state index is -1.12. The Morgan fingerprint density at radius 3 is 2.22 bits per heavy atom. The Bertz CT molecular complexity index is 1170. The van der Waals surface area contributed by atoms with Gasteiger partial charge < -0.3 is 9.84 Å². The number of carboxylic acid groups (broad SMARTS) is 1. The molecule has 3 aliphatic rings. The Hall–Kier alpha value is -3.15. The van der Waals surface area contributed by atoms with E-state index in [0.717, 1.165) is 30.7 Å². The molecular formula is C32H38N2O3. The van der Waals surface area contributed by atoms with Crippen molar-refractivity contribution in [1.82, 2.24) is 10.2 Å². The number of carbonyl (C=O) groups is 1. The Morgan fingerprint density at radius 1 is 1.03 bits per heavy atom. The molecule has 3 aliphatic heterocycles. The fourth-order valence-corrected chi connectivity index (χ4v) is 6.54. The van der Waals surface area contributed by atoms with Crippen LogP contribution in [0.2, 0.25) is 0 Å². The summed E-state index contributed by atoms with van der Waals surface area (Å²) in [5.41, 5.74) is 3.57. The maximum absolute atomic E-state index is 13.1. The van der Waals surface area contributed by atoms with Crippen molar-refractivity contribution in [2.24, 2.45) is 5.92 Å². The van der Waals surface area contributed by atoms with E-state index in [0.29, 0.717) is 24.8 Å². The maximum atomic E-state index is 13.1. The first-order chi connectivity index (χ1) is 17.9. The molecule has 3 aromatic carbocycles. The van der Waals surface area contributed by atoms with Gasteiger partial charge in [-0.05, 0) is 53.9 Å². The molecule has 3 heterocycles. The van der Waals surface area contributed by atoms with Crippen LogP contribution in [0, 0.1) is 5.92 Å². The normalized spacial score (nSPS) is 24.9. The number of nitrogens with zero attached hydrogens (tertiary/aromatic N) is 1. The highest BCUT2D eigenvalue weighted by Crippen LogP contribution is 2.47. The summed E-state index contributed by atoms with van der Waals surface area (Å²) < 4.78 is 5.65. The molecule has 0 saturated carbocycles. The van der Waals surface area contributed by atoms with E-state index in [-0.39, 0.29) is 12.0 Å². The van der Waals surface area contributed by atoms with Crippen LogP contribution in [0.5, 0.6) is 5.75 Å². The zero-order valence-electron chi connectivity index (χ0n) is 22.1. The van der Waals surface area contributed by atoms with Gasteiger partial charge >= 0.3 is 5.97 Å². The zero-order valence-corrected chi connectivity index (χ0v) is 22.1. The molecule has 6 rings (SSSR count). The van der Waals surface area contributed by atoms with Crippen LogP contribution in [0.3, 0.4) is 0 Å². The van der Waals surface area contributed by atoms with Gasteiger partial charge in [-0.3, -0.25) is 10.2 Å². The fraction of sp³-hybridized carbons (Fsp3) is 0.406. The highest BCUT2D eigenvalue weighted by Gasteiger charge is 2.56. The lowest BCUT2D eigenvalue weighted by Gasteiger charge is -2.58. The van der Waals surface area contributed by atoms with E-state index in [1.165, 1.54) is 16.7 Å². The van der Waals surface area contributed by atoms with Gasteiger partial charge in [-0.15, -0.1) is 0 Å². The fourth-order valence-electron chi connectivity index (χ4n) is 6.54. The second kappa shape index (κ2) is 10.7. The first-order valence-corrected chi connectivity index (χ1v) is 13.4. The first-order valence-electron chi connectivity index (χ1n) is 13.4. The van der Waals surface area contributed by atoms with Crippen molar-refractivity contribution in [1.29, 1.82) is 0 Å². The number of hydrogen-bond donors (Lipinski definition) is 2. The molecule has 3 aromatic rings. The topological polar surface area (TPSA) is 61.8 Å². The monoisotopic (exact) mass is 498 g/mol. The lowest BCUT2D eigenvalue weighted by atomic mass is 9.69. The van der Waals surface area contributed by atoms with Crippen LogP contribution in [-0.4, -0.2) is 41.3 Å². The van der Waals surface area contributed by atoms with E-state index in [2.05, 4.69) is 84.7 Å². The quantitative estimate of drug-likeness (QED) is 0.379. The average molecular weight is 499 g/mol. The summed E-state index contributed by atoms with van der Waals surface area (Å²) in [5, 5.41) is 14.3. The van der Waals surface area contributed by atoms with Gasteiger partial charge in [-0.1, -0.05) is 86.6 Å². The molecule has 0 spiro atoms. The van der Waals surface area contributed by atoms with E-state index >= 15 is 0 Å². The molecule has 3 fully saturated rings. The van der Waals surface area contributed by atoms with Gasteiger partial charge in [0.2, 0.25) is 0 Å². The third kappa shape index (κ3) is 4.90. The van der Waals surface area contributed by atoms with Gasteiger partial charge in [0, 0.05) is 30.6 Å². The van der Waals surface area contributed by atoms with Crippen molar-refractivity contribution in [2.75, 3.05) is 13.7 Å². The molecule has 0 amide bonds. The minimum Gasteiger partial charge on any atom is -0.496 e. The van der Waals surface area contributed by atoms with Crippen LogP contribution in [0.4, 0.5) is 0 Å². The number of aliphatic carboxylic acids is 1. The largest absolute Gasteiger partial charge is 0.496 e. The van der Waals surface area contributed by atoms with Gasteiger partial charge in [-0.2, -0.15) is 0 Å². The number of nitrogens with one attached hydrogen (secondary N) is 1. The van der Waals surface area contributed by atoms with Gasteiger partial charge in [0.15, 0.2) is 5.66 Å². The Morgan fingerprint density at radius 2 is 1.68 bits per heavy atom. The molecule has 0 radical (unpaired) electrons. The summed E-state index contributed by atoms with van der Waals surface area (Å²) in [6.45, 7) is 5.55. The van der Waals surface area contributed by atoms with E-state index in [1.54, 1.807) is 7.11 Å². The van der Waals surface area contributed by atoms with Crippen molar-refractivity contribution in [2.45, 2.75) is 63.2 Å². The van der Waals surface area contributed by atoms with Crippen LogP contribution in [0.1, 0.15) is 67.2 Å². The summed E-state index contributed by atoms with van der Waals surface area (Å²) in [7, 11) is 1.67. The summed E-state index contributed by atoms with van der Waals surface area (Å²) in [4.78, 5) is 15.4. The lowest BCUT2D eigenvalue weighted by Crippen LogP contribution is -2.73. The van der Waals surface area contributed by atoms with Crippen molar-refractivity contribution < 1.29 is 14.6 Å². The number of benzene rings is 3. The Kier molecular flexibility index (Phi) is 7.36. The number of piperidine rings is 3. The van der Waals surface area contributed by atoms with Gasteiger partial charge in [0.1, 0.15) is 5.75 Å². The molecule has 5 nitrogen and oxygen atoms in total. The molecule has 0 aromatic heterocycles. The number of hydrogen-bond acceptors (Lipinski definition) is 4. The molecule has 2 bridgehead atoms. The summed E-state index contributed by atoms with van der Waals surface area (Å²) in [6.07, 6.45) is 2.65. The summed E-state index contributed by atoms with van der Waals surface area (Å²) in [6, 6.07) is 27.5. The summed E-state index contributed by atoms with van der Waals surface area (Å²) in [5.74, 6) is 0.842. The van der Waals surface area contributed by atoms with Gasteiger partial charge in [-0.25, -0.2) is 4.79 Å². The molecule has 4 atom stereocenters. The highest BCUT2D eigenvalue weighted by atomic mass is 16.5. The number of methoxy groups -OCH3 is 1. The molecule has 3 saturated heterocycles. The predicted molar refractivity (Wildman–Crippen MR) is 147 cm³/mol. The predicted octanol–water partition coefficient (Wildman–Crippen LogP) is 6.01. The molecule has 37 heavy (non-hydrogen) atoms. The van der Waals surface area contributed by atoms with Crippen LogP contribution in [-0.2, 0) is 11.3 Å². The van der Waals surface area contributed by atoms with Crippen molar-refractivity contribution >= 4 is 5.97 Å². The van der Waals surface area contributed by atoms with Crippen molar-refractivity contribution in [3.05, 3.63) is 101 Å².